The minimum Gasteiger partial charge on any atom is -0.340 e. The monoisotopic (exact) mass is 180 g/mol. The van der Waals surface area contributed by atoms with Crippen LogP contribution in [0.2, 0.25) is 0 Å². The molecular formula is C10H16N2O. The van der Waals surface area contributed by atoms with Crippen LogP contribution in [0.25, 0.3) is 0 Å². The lowest BCUT2D eigenvalue weighted by atomic mass is 10.2. The maximum atomic E-state index is 11.5. The highest BCUT2D eigenvalue weighted by Crippen LogP contribution is 2.02. The first-order chi connectivity index (χ1) is 6.24. The zero-order chi connectivity index (χ0) is 9.68. The molecule has 1 amide bonds. The van der Waals surface area contributed by atoms with Gasteiger partial charge in [0.2, 0.25) is 5.91 Å². The maximum Gasteiger partial charge on any atom is 0.223 e. The van der Waals surface area contributed by atoms with Crippen LogP contribution in [0.1, 0.15) is 19.8 Å². The van der Waals surface area contributed by atoms with E-state index in [1.165, 1.54) is 0 Å². The molecule has 1 fully saturated rings. The van der Waals surface area contributed by atoms with E-state index >= 15 is 0 Å². The minimum atomic E-state index is 0.186. The standard InChI is InChI=1S/C10H16N2O/c1-3-4-5-10(13)12-7-6-11-9(2)8-12/h1,9,11H,4-8H2,2H3. The average molecular weight is 180 g/mol. The first-order valence-electron chi connectivity index (χ1n) is 4.68. The highest BCUT2D eigenvalue weighted by atomic mass is 16.2. The fourth-order valence-corrected chi connectivity index (χ4v) is 1.50. The second kappa shape index (κ2) is 4.88. The van der Waals surface area contributed by atoms with Gasteiger partial charge < -0.3 is 10.2 Å². The van der Waals surface area contributed by atoms with Gasteiger partial charge in [-0.05, 0) is 6.92 Å². The smallest absolute Gasteiger partial charge is 0.223 e. The zero-order valence-electron chi connectivity index (χ0n) is 8.05. The van der Waals surface area contributed by atoms with Crippen LogP contribution in [0.4, 0.5) is 0 Å². The van der Waals surface area contributed by atoms with E-state index in [0.717, 1.165) is 19.6 Å². The van der Waals surface area contributed by atoms with E-state index in [1.807, 2.05) is 4.90 Å². The lowest BCUT2D eigenvalue weighted by Crippen LogP contribution is -2.51. The van der Waals surface area contributed by atoms with E-state index in [9.17, 15) is 4.79 Å². The van der Waals surface area contributed by atoms with Crippen LogP contribution in [0.5, 0.6) is 0 Å². The highest BCUT2D eigenvalue weighted by molar-refractivity contribution is 5.76. The number of rotatable bonds is 2. The summed E-state index contributed by atoms with van der Waals surface area (Å²) < 4.78 is 0. The third-order valence-electron chi connectivity index (χ3n) is 2.20. The highest BCUT2D eigenvalue weighted by Gasteiger charge is 2.19. The summed E-state index contributed by atoms with van der Waals surface area (Å²) in [5.41, 5.74) is 0. The Balaban J connectivity index is 2.33. The predicted molar refractivity (Wildman–Crippen MR) is 52.1 cm³/mol. The van der Waals surface area contributed by atoms with Crippen molar-refractivity contribution >= 4 is 5.91 Å². The van der Waals surface area contributed by atoms with Crippen molar-refractivity contribution in [1.82, 2.24) is 10.2 Å². The fourth-order valence-electron chi connectivity index (χ4n) is 1.50. The van der Waals surface area contributed by atoms with E-state index < -0.39 is 0 Å². The van der Waals surface area contributed by atoms with Gasteiger partial charge in [-0.15, -0.1) is 12.3 Å². The maximum absolute atomic E-state index is 11.5. The number of hydrogen-bond donors (Lipinski definition) is 1. The van der Waals surface area contributed by atoms with E-state index in [1.54, 1.807) is 0 Å². The van der Waals surface area contributed by atoms with Gasteiger partial charge in [0, 0.05) is 38.5 Å². The molecule has 3 nitrogen and oxygen atoms in total. The van der Waals surface area contributed by atoms with Gasteiger partial charge in [0.05, 0.1) is 0 Å². The first-order valence-corrected chi connectivity index (χ1v) is 4.68. The van der Waals surface area contributed by atoms with E-state index in [4.69, 9.17) is 6.42 Å². The Hall–Kier alpha value is -1.01. The molecular weight excluding hydrogens is 164 g/mol. The van der Waals surface area contributed by atoms with Crippen molar-refractivity contribution in [2.75, 3.05) is 19.6 Å². The fraction of sp³-hybridized carbons (Fsp3) is 0.700. The molecule has 0 aromatic heterocycles. The molecule has 0 bridgehead atoms. The molecule has 0 radical (unpaired) electrons. The largest absolute Gasteiger partial charge is 0.340 e. The van der Waals surface area contributed by atoms with Gasteiger partial charge in [-0.3, -0.25) is 4.79 Å². The van der Waals surface area contributed by atoms with Gasteiger partial charge in [-0.25, -0.2) is 0 Å². The van der Waals surface area contributed by atoms with Crippen molar-refractivity contribution in [2.45, 2.75) is 25.8 Å². The van der Waals surface area contributed by atoms with Gasteiger partial charge in [-0.1, -0.05) is 0 Å². The molecule has 0 aromatic carbocycles. The lowest BCUT2D eigenvalue weighted by Gasteiger charge is -2.31. The molecule has 1 atom stereocenters. The molecule has 1 aliphatic heterocycles. The Morgan fingerprint density at radius 2 is 2.54 bits per heavy atom. The normalized spacial score (nSPS) is 22.5. The molecule has 1 heterocycles. The molecule has 1 unspecified atom stereocenters. The van der Waals surface area contributed by atoms with Crippen LogP contribution in [0.3, 0.4) is 0 Å². The Morgan fingerprint density at radius 1 is 1.77 bits per heavy atom. The Kier molecular flexibility index (Phi) is 3.78. The second-order valence-corrected chi connectivity index (χ2v) is 3.40. The topological polar surface area (TPSA) is 32.3 Å². The summed E-state index contributed by atoms with van der Waals surface area (Å²) in [6, 6.07) is 0.406. The first kappa shape index (κ1) is 10.1. The minimum absolute atomic E-state index is 0.186. The van der Waals surface area contributed by atoms with Crippen molar-refractivity contribution in [3.8, 4) is 12.3 Å². The van der Waals surface area contributed by atoms with Crippen LogP contribution < -0.4 is 5.32 Å². The van der Waals surface area contributed by atoms with Crippen LogP contribution >= 0.6 is 0 Å². The van der Waals surface area contributed by atoms with Crippen molar-refractivity contribution in [1.29, 1.82) is 0 Å². The molecule has 1 N–H and O–H groups in total. The van der Waals surface area contributed by atoms with E-state index in [2.05, 4.69) is 18.2 Å². The molecule has 1 rings (SSSR count). The number of terminal acetylenes is 1. The molecule has 1 aliphatic rings. The number of carbonyl (C=O) groups is 1. The van der Waals surface area contributed by atoms with Crippen LogP contribution in [0.15, 0.2) is 0 Å². The lowest BCUT2D eigenvalue weighted by molar-refractivity contribution is -0.132. The molecule has 0 aliphatic carbocycles. The van der Waals surface area contributed by atoms with Crippen LogP contribution in [-0.4, -0.2) is 36.5 Å². The second-order valence-electron chi connectivity index (χ2n) is 3.40. The zero-order valence-corrected chi connectivity index (χ0v) is 8.05. The number of nitrogens with one attached hydrogen (secondary N) is 1. The number of nitrogens with zero attached hydrogens (tertiary/aromatic N) is 1. The van der Waals surface area contributed by atoms with E-state index in [-0.39, 0.29) is 5.91 Å². The summed E-state index contributed by atoms with van der Waals surface area (Å²) in [4.78, 5) is 13.4. The van der Waals surface area contributed by atoms with Gasteiger partial charge in [-0.2, -0.15) is 0 Å². The Morgan fingerprint density at radius 3 is 3.15 bits per heavy atom. The van der Waals surface area contributed by atoms with Crippen molar-refractivity contribution < 1.29 is 4.79 Å². The number of carbonyl (C=O) groups excluding carboxylic acids is 1. The SMILES string of the molecule is C#CCCC(=O)N1CCNC(C)C1. The molecule has 0 aromatic rings. The van der Waals surface area contributed by atoms with Gasteiger partial charge in [0.15, 0.2) is 0 Å². The summed E-state index contributed by atoms with van der Waals surface area (Å²) in [5, 5.41) is 3.29. The molecule has 0 spiro atoms. The molecule has 1 saturated heterocycles. The number of piperazine rings is 1. The number of hydrogen-bond acceptors (Lipinski definition) is 2. The van der Waals surface area contributed by atoms with Crippen molar-refractivity contribution in [2.24, 2.45) is 0 Å². The molecule has 0 saturated carbocycles. The summed E-state index contributed by atoms with van der Waals surface area (Å²) in [7, 11) is 0. The predicted octanol–water partition coefficient (Wildman–Crippen LogP) is 0.220. The molecule has 3 heteroatoms. The average Bonchev–Trinajstić information content (AvgIpc) is 2.14. The van der Waals surface area contributed by atoms with Gasteiger partial charge >= 0.3 is 0 Å². The van der Waals surface area contributed by atoms with Crippen molar-refractivity contribution in [3.63, 3.8) is 0 Å². The van der Waals surface area contributed by atoms with E-state index in [0.29, 0.717) is 18.9 Å². The Labute approximate surface area is 79.5 Å². The summed E-state index contributed by atoms with van der Waals surface area (Å²) in [6.45, 7) is 4.60. The quantitative estimate of drug-likeness (QED) is 0.617. The summed E-state index contributed by atoms with van der Waals surface area (Å²) in [6.07, 6.45) is 6.14. The van der Waals surface area contributed by atoms with Gasteiger partial charge in [0.25, 0.3) is 0 Å². The third-order valence-corrected chi connectivity index (χ3v) is 2.20. The van der Waals surface area contributed by atoms with Crippen molar-refractivity contribution in [3.05, 3.63) is 0 Å². The van der Waals surface area contributed by atoms with Crippen LogP contribution in [-0.2, 0) is 4.79 Å². The Bertz CT molecular complexity index is 219. The van der Waals surface area contributed by atoms with Gasteiger partial charge in [0.1, 0.15) is 0 Å². The number of amides is 1. The van der Waals surface area contributed by atoms with Crippen LogP contribution in [0, 0.1) is 12.3 Å². The summed E-state index contributed by atoms with van der Waals surface area (Å²) in [5.74, 6) is 2.67. The molecule has 72 valence electrons. The third kappa shape index (κ3) is 3.08. The summed E-state index contributed by atoms with van der Waals surface area (Å²) >= 11 is 0. The molecule has 13 heavy (non-hydrogen) atoms.